The van der Waals surface area contributed by atoms with Crippen LogP contribution in [0.15, 0.2) is 42.5 Å². The fourth-order valence-corrected chi connectivity index (χ4v) is 1.73. The highest BCUT2D eigenvalue weighted by Crippen LogP contribution is 2.35. The van der Waals surface area contributed by atoms with Crippen LogP contribution in [-0.2, 0) is 0 Å². The Morgan fingerprint density at radius 2 is 1.75 bits per heavy atom. The minimum atomic E-state index is 0.273. The Labute approximate surface area is 95.1 Å². The van der Waals surface area contributed by atoms with E-state index in [4.69, 9.17) is 4.74 Å². The molecule has 16 heavy (non-hydrogen) atoms. The molecule has 2 aromatic rings. The van der Waals surface area contributed by atoms with E-state index in [0.29, 0.717) is 0 Å². The summed E-state index contributed by atoms with van der Waals surface area (Å²) in [6, 6.07) is 13.2. The van der Waals surface area contributed by atoms with E-state index in [1.54, 1.807) is 13.2 Å². The van der Waals surface area contributed by atoms with Crippen molar-refractivity contribution in [1.82, 2.24) is 0 Å². The van der Waals surface area contributed by atoms with Crippen LogP contribution in [0.3, 0.4) is 0 Å². The molecule has 0 bridgehead atoms. The van der Waals surface area contributed by atoms with E-state index in [1.165, 1.54) is 0 Å². The first kappa shape index (κ1) is 10.6. The molecule has 0 heterocycles. The van der Waals surface area contributed by atoms with Gasteiger partial charge in [0.1, 0.15) is 11.5 Å². The minimum Gasteiger partial charge on any atom is -0.507 e. The number of rotatable bonds is 2. The van der Waals surface area contributed by atoms with Crippen molar-refractivity contribution in [1.29, 1.82) is 0 Å². The molecule has 0 saturated carbocycles. The summed E-state index contributed by atoms with van der Waals surface area (Å²) in [5.74, 6) is 1.04. The van der Waals surface area contributed by atoms with Crippen molar-refractivity contribution in [3.63, 3.8) is 0 Å². The van der Waals surface area contributed by atoms with Gasteiger partial charge in [-0.15, -0.1) is 0 Å². The van der Waals surface area contributed by atoms with E-state index in [9.17, 15) is 5.11 Å². The number of phenols is 1. The smallest absolute Gasteiger partial charge is 0.126 e. The van der Waals surface area contributed by atoms with Crippen LogP contribution in [-0.4, -0.2) is 12.2 Å². The Balaban J connectivity index is 2.62. The van der Waals surface area contributed by atoms with Gasteiger partial charge in [-0.25, -0.2) is 0 Å². The van der Waals surface area contributed by atoms with Gasteiger partial charge in [-0.2, -0.15) is 0 Å². The van der Waals surface area contributed by atoms with Crippen molar-refractivity contribution in [2.45, 2.75) is 6.92 Å². The molecule has 1 N–H and O–H groups in total. The van der Waals surface area contributed by atoms with Crippen LogP contribution < -0.4 is 4.74 Å². The van der Waals surface area contributed by atoms with Gasteiger partial charge in [0.15, 0.2) is 0 Å². The molecular formula is C14H14O2. The van der Waals surface area contributed by atoms with Crippen molar-refractivity contribution < 1.29 is 9.84 Å². The summed E-state index contributed by atoms with van der Waals surface area (Å²) >= 11 is 0. The zero-order chi connectivity index (χ0) is 11.5. The zero-order valence-corrected chi connectivity index (χ0v) is 9.40. The van der Waals surface area contributed by atoms with Crippen molar-refractivity contribution in [3.05, 3.63) is 48.0 Å². The summed E-state index contributed by atoms with van der Waals surface area (Å²) in [4.78, 5) is 0. The van der Waals surface area contributed by atoms with E-state index in [2.05, 4.69) is 0 Å². The number of ether oxygens (including phenoxy) is 1. The normalized spacial score (nSPS) is 10.1. The monoisotopic (exact) mass is 214 g/mol. The minimum absolute atomic E-state index is 0.273. The standard InChI is InChI=1S/C14H14O2/c1-10-7-8-13(15)12(9-10)11-5-3-4-6-14(11)16-2/h3-9,15H,1-2H3. The van der Waals surface area contributed by atoms with E-state index in [-0.39, 0.29) is 5.75 Å². The lowest BCUT2D eigenvalue weighted by Crippen LogP contribution is -1.88. The number of hydrogen-bond donors (Lipinski definition) is 1. The predicted molar refractivity (Wildman–Crippen MR) is 64.8 cm³/mol. The van der Waals surface area contributed by atoms with Gasteiger partial charge in [-0.05, 0) is 25.1 Å². The Bertz CT molecular complexity index is 504. The van der Waals surface area contributed by atoms with Crippen LogP contribution >= 0.6 is 0 Å². The largest absolute Gasteiger partial charge is 0.507 e. The summed E-state index contributed by atoms with van der Waals surface area (Å²) in [6.45, 7) is 2.00. The molecule has 2 aromatic carbocycles. The van der Waals surface area contributed by atoms with Crippen LogP contribution in [0, 0.1) is 6.92 Å². The van der Waals surface area contributed by atoms with Crippen LogP contribution in [0.5, 0.6) is 11.5 Å². The first-order valence-corrected chi connectivity index (χ1v) is 5.15. The SMILES string of the molecule is COc1ccccc1-c1cc(C)ccc1O. The molecule has 0 spiro atoms. The molecule has 0 aromatic heterocycles. The van der Waals surface area contributed by atoms with Gasteiger partial charge in [0.25, 0.3) is 0 Å². The third kappa shape index (κ3) is 1.87. The maximum Gasteiger partial charge on any atom is 0.126 e. The third-order valence-electron chi connectivity index (χ3n) is 2.55. The molecule has 0 aliphatic rings. The van der Waals surface area contributed by atoms with Crippen LogP contribution in [0.1, 0.15) is 5.56 Å². The molecule has 0 atom stereocenters. The maximum atomic E-state index is 9.85. The second-order valence-electron chi connectivity index (χ2n) is 3.72. The lowest BCUT2D eigenvalue weighted by molar-refractivity contribution is 0.415. The lowest BCUT2D eigenvalue weighted by atomic mass is 10.0. The van der Waals surface area contributed by atoms with Crippen LogP contribution in [0.4, 0.5) is 0 Å². The van der Waals surface area contributed by atoms with Gasteiger partial charge in [-0.3, -0.25) is 0 Å². The number of para-hydroxylation sites is 1. The quantitative estimate of drug-likeness (QED) is 0.830. The van der Waals surface area contributed by atoms with Gasteiger partial charge in [0.2, 0.25) is 0 Å². The van der Waals surface area contributed by atoms with Crippen LogP contribution in [0.25, 0.3) is 11.1 Å². The third-order valence-corrected chi connectivity index (χ3v) is 2.55. The summed E-state index contributed by atoms with van der Waals surface area (Å²) in [7, 11) is 1.63. The highest BCUT2D eigenvalue weighted by Gasteiger charge is 2.09. The first-order valence-electron chi connectivity index (χ1n) is 5.15. The van der Waals surface area contributed by atoms with E-state index in [1.807, 2.05) is 43.3 Å². The van der Waals surface area contributed by atoms with Crippen molar-refractivity contribution in [2.75, 3.05) is 7.11 Å². The van der Waals surface area contributed by atoms with Crippen molar-refractivity contribution >= 4 is 0 Å². The Morgan fingerprint density at radius 3 is 2.50 bits per heavy atom. The molecule has 0 aliphatic carbocycles. The lowest BCUT2D eigenvalue weighted by Gasteiger charge is -2.10. The molecule has 0 saturated heterocycles. The summed E-state index contributed by atoms with van der Waals surface area (Å²) < 4.78 is 5.28. The maximum absolute atomic E-state index is 9.85. The van der Waals surface area contributed by atoms with Crippen LogP contribution in [0.2, 0.25) is 0 Å². The van der Waals surface area contributed by atoms with E-state index < -0.39 is 0 Å². The Hall–Kier alpha value is -1.96. The second kappa shape index (κ2) is 4.27. The van der Waals surface area contributed by atoms with Crippen molar-refractivity contribution in [3.8, 4) is 22.6 Å². The number of hydrogen-bond acceptors (Lipinski definition) is 2. The average Bonchev–Trinajstić information content (AvgIpc) is 2.32. The summed E-state index contributed by atoms with van der Waals surface area (Å²) in [5.41, 5.74) is 2.82. The topological polar surface area (TPSA) is 29.5 Å². The molecule has 2 nitrogen and oxygen atoms in total. The fraction of sp³-hybridized carbons (Fsp3) is 0.143. The molecule has 2 heteroatoms. The molecular weight excluding hydrogens is 200 g/mol. The fourth-order valence-electron chi connectivity index (χ4n) is 1.73. The van der Waals surface area contributed by atoms with E-state index >= 15 is 0 Å². The average molecular weight is 214 g/mol. The highest BCUT2D eigenvalue weighted by atomic mass is 16.5. The van der Waals surface area contributed by atoms with Gasteiger partial charge in [0.05, 0.1) is 7.11 Å². The van der Waals surface area contributed by atoms with Crippen molar-refractivity contribution in [2.24, 2.45) is 0 Å². The van der Waals surface area contributed by atoms with Gasteiger partial charge >= 0.3 is 0 Å². The number of benzene rings is 2. The molecule has 0 aliphatic heterocycles. The predicted octanol–water partition coefficient (Wildman–Crippen LogP) is 3.38. The number of aryl methyl sites for hydroxylation is 1. The number of methoxy groups -OCH3 is 1. The first-order chi connectivity index (χ1) is 7.72. The Morgan fingerprint density at radius 1 is 1.00 bits per heavy atom. The van der Waals surface area contributed by atoms with E-state index in [0.717, 1.165) is 22.4 Å². The Kier molecular flexibility index (Phi) is 2.82. The molecule has 0 fully saturated rings. The molecule has 0 amide bonds. The highest BCUT2D eigenvalue weighted by molar-refractivity contribution is 5.75. The summed E-state index contributed by atoms with van der Waals surface area (Å²) in [6.07, 6.45) is 0. The number of phenolic OH excluding ortho intramolecular Hbond substituents is 1. The molecule has 82 valence electrons. The summed E-state index contributed by atoms with van der Waals surface area (Å²) in [5, 5.41) is 9.85. The molecule has 2 rings (SSSR count). The number of aromatic hydroxyl groups is 1. The zero-order valence-electron chi connectivity index (χ0n) is 9.40. The van der Waals surface area contributed by atoms with Gasteiger partial charge in [0, 0.05) is 11.1 Å². The van der Waals surface area contributed by atoms with Gasteiger partial charge in [-0.1, -0.05) is 29.8 Å². The van der Waals surface area contributed by atoms with Gasteiger partial charge < -0.3 is 9.84 Å². The molecule has 0 radical (unpaired) electrons. The molecule has 0 unspecified atom stereocenters. The second-order valence-corrected chi connectivity index (χ2v) is 3.72.